The molecule has 22 heavy (non-hydrogen) atoms. The zero-order chi connectivity index (χ0) is 15.4. The van der Waals surface area contributed by atoms with E-state index >= 15 is 0 Å². The molecular weight excluding hydrogens is 272 g/mol. The first-order valence-corrected chi connectivity index (χ1v) is 7.57. The van der Waals surface area contributed by atoms with E-state index in [-0.39, 0.29) is 11.4 Å². The topological polar surface area (TPSA) is 41.1 Å². The van der Waals surface area contributed by atoms with Gasteiger partial charge in [0.25, 0.3) is 5.91 Å². The fourth-order valence-corrected chi connectivity index (χ4v) is 3.17. The van der Waals surface area contributed by atoms with Crippen LogP contribution in [0.4, 0.5) is 0 Å². The number of carbonyl (C=O) groups is 1. The minimum Gasteiger partial charge on any atom is -0.287 e. The van der Waals surface area contributed by atoms with Gasteiger partial charge in [0, 0.05) is 5.56 Å². The molecule has 0 saturated heterocycles. The van der Waals surface area contributed by atoms with Gasteiger partial charge in [-0.2, -0.15) is 0 Å². The molecule has 1 aliphatic carbocycles. The number of amides is 1. The highest BCUT2D eigenvalue weighted by Gasteiger charge is 2.37. The Morgan fingerprint density at radius 1 is 1.14 bits per heavy atom. The number of hydrazine groups is 1. The molecule has 2 N–H and O–H groups in total. The van der Waals surface area contributed by atoms with Crippen LogP contribution in [-0.4, -0.2) is 5.91 Å². The average molecular weight is 292 g/mol. The summed E-state index contributed by atoms with van der Waals surface area (Å²) >= 11 is 0. The first-order chi connectivity index (χ1) is 10.7. The van der Waals surface area contributed by atoms with E-state index in [4.69, 9.17) is 0 Å². The molecule has 112 valence electrons. The molecule has 2 aromatic rings. The van der Waals surface area contributed by atoms with Gasteiger partial charge < -0.3 is 0 Å². The van der Waals surface area contributed by atoms with Gasteiger partial charge in [-0.15, -0.1) is 6.58 Å². The van der Waals surface area contributed by atoms with Gasteiger partial charge in [0.05, 0.1) is 5.54 Å². The summed E-state index contributed by atoms with van der Waals surface area (Å²) in [6.07, 6.45) is 4.65. The second-order valence-corrected chi connectivity index (χ2v) is 5.68. The number of carbonyl (C=O) groups excluding carboxylic acids is 1. The van der Waals surface area contributed by atoms with Gasteiger partial charge >= 0.3 is 0 Å². The van der Waals surface area contributed by atoms with Crippen molar-refractivity contribution in [2.75, 3.05) is 0 Å². The fraction of sp³-hybridized carbons (Fsp3) is 0.211. The fourth-order valence-electron chi connectivity index (χ4n) is 3.17. The van der Waals surface area contributed by atoms with Crippen LogP contribution in [0.15, 0.2) is 67.3 Å². The summed E-state index contributed by atoms with van der Waals surface area (Å²) in [5, 5.41) is 0. The lowest BCUT2D eigenvalue weighted by molar-refractivity contribution is 0.0902. The highest BCUT2D eigenvalue weighted by atomic mass is 16.2. The number of nitrogens with one attached hydrogen (secondary N) is 2. The van der Waals surface area contributed by atoms with Crippen molar-refractivity contribution >= 4 is 5.91 Å². The van der Waals surface area contributed by atoms with Gasteiger partial charge in [0.1, 0.15) is 0 Å². The van der Waals surface area contributed by atoms with Crippen molar-refractivity contribution in [1.29, 1.82) is 0 Å². The molecule has 0 fully saturated rings. The number of benzene rings is 2. The van der Waals surface area contributed by atoms with E-state index in [1.807, 2.05) is 30.3 Å². The lowest BCUT2D eigenvalue weighted by atomic mass is 9.89. The Balaban J connectivity index is 1.79. The number of fused-ring (bicyclic) bond motifs is 1. The minimum absolute atomic E-state index is 0.117. The Bertz CT molecular complexity index is 681. The lowest BCUT2D eigenvalue weighted by Crippen LogP contribution is -2.50. The van der Waals surface area contributed by atoms with Crippen LogP contribution in [0, 0.1) is 0 Å². The lowest BCUT2D eigenvalue weighted by Gasteiger charge is -2.31. The van der Waals surface area contributed by atoms with Crippen molar-refractivity contribution in [1.82, 2.24) is 10.9 Å². The average Bonchev–Trinajstić information content (AvgIpc) is 2.93. The van der Waals surface area contributed by atoms with E-state index < -0.39 is 0 Å². The standard InChI is InChI=1S/C19H20N2O/c1-2-13-19(14-12-15-8-6-7-11-17(15)19)21-20-18(22)16-9-4-3-5-10-16/h2-11,21H,1,12-14H2,(H,20,22). The zero-order valence-corrected chi connectivity index (χ0v) is 12.5. The molecule has 0 saturated carbocycles. The van der Waals surface area contributed by atoms with Crippen molar-refractivity contribution < 1.29 is 4.79 Å². The van der Waals surface area contributed by atoms with Crippen LogP contribution in [0.25, 0.3) is 0 Å². The van der Waals surface area contributed by atoms with Crippen molar-refractivity contribution in [3.63, 3.8) is 0 Å². The molecule has 3 heteroatoms. The summed E-state index contributed by atoms with van der Waals surface area (Å²) < 4.78 is 0. The van der Waals surface area contributed by atoms with Crippen LogP contribution in [0.3, 0.4) is 0 Å². The highest BCUT2D eigenvalue weighted by molar-refractivity contribution is 5.93. The van der Waals surface area contributed by atoms with E-state index in [2.05, 4.69) is 35.6 Å². The zero-order valence-electron chi connectivity index (χ0n) is 12.5. The Morgan fingerprint density at radius 3 is 2.64 bits per heavy atom. The van der Waals surface area contributed by atoms with Crippen molar-refractivity contribution in [3.8, 4) is 0 Å². The summed E-state index contributed by atoms with van der Waals surface area (Å²) in [4.78, 5) is 12.3. The summed E-state index contributed by atoms with van der Waals surface area (Å²) in [6.45, 7) is 3.87. The number of aryl methyl sites for hydroxylation is 1. The predicted octanol–water partition coefficient (Wildman–Crippen LogP) is 3.34. The van der Waals surface area contributed by atoms with Crippen molar-refractivity contribution in [2.45, 2.75) is 24.8 Å². The molecule has 1 aliphatic rings. The molecule has 0 aromatic heterocycles. The first kappa shape index (κ1) is 14.5. The molecule has 0 radical (unpaired) electrons. The molecule has 0 spiro atoms. The summed E-state index contributed by atoms with van der Waals surface area (Å²) in [5.74, 6) is -0.117. The van der Waals surface area contributed by atoms with Crippen LogP contribution in [0.2, 0.25) is 0 Å². The smallest absolute Gasteiger partial charge is 0.265 e. The predicted molar refractivity (Wildman–Crippen MR) is 88.3 cm³/mol. The van der Waals surface area contributed by atoms with Gasteiger partial charge in [0.2, 0.25) is 0 Å². The molecule has 1 amide bonds. The van der Waals surface area contributed by atoms with E-state index in [1.165, 1.54) is 11.1 Å². The second-order valence-electron chi connectivity index (χ2n) is 5.68. The molecule has 0 bridgehead atoms. The largest absolute Gasteiger partial charge is 0.287 e. The number of hydrogen-bond donors (Lipinski definition) is 2. The molecule has 2 aromatic carbocycles. The van der Waals surface area contributed by atoms with Crippen molar-refractivity contribution in [2.24, 2.45) is 0 Å². The monoisotopic (exact) mass is 292 g/mol. The number of hydrogen-bond acceptors (Lipinski definition) is 2. The maximum absolute atomic E-state index is 12.3. The van der Waals surface area contributed by atoms with E-state index in [0.717, 1.165) is 19.3 Å². The molecular formula is C19H20N2O. The van der Waals surface area contributed by atoms with Gasteiger partial charge in [-0.1, -0.05) is 48.5 Å². The third-order valence-corrected chi connectivity index (χ3v) is 4.30. The maximum atomic E-state index is 12.3. The molecule has 1 atom stereocenters. The quantitative estimate of drug-likeness (QED) is 0.655. The molecule has 0 aliphatic heterocycles. The molecule has 3 nitrogen and oxygen atoms in total. The van der Waals surface area contributed by atoms with Crippen molar-refractivity contribution in [3.05, 3.63) is 83.9 Å². The second kappa shape index (κ2) is 6.16. The minimum atomic E-state index is -0.261. The van der Waals surface area contributed by atoms with Gasteiger partial charge in [-0.05, 0) is 42.5 Å². The van der Waals surface area contributed by atoms with Crippen LogP contribution in [0.5, 0.6) is 0 Å². The SMILES string of the molecule is C=CCC1(NNC(=O)c2ccccc2)CCc2ccccc21. The third-order valence-electron chi connectivity index (χ3n) is 4.30. The van der Waals surface area contributed by atoms with E-state index in [1.54, 1.807) is 12.1 Å². The summed E-state index contributed by atoms with van der Waals surface area (Å²) in [5.41, 5.74) is 9.13. The Hall–Kier alpha value is -2.39. The van der Waals surface area contributed by atoms with Gasteiger partial charge in [-0.3, -0.25) is 10.2 Å². The van der Waals surface area contributed by atoms with Crippen LogP contribution >= 0.6 is 0 Å². The first-order valence-electron chi connectivity index (χ1n) is 7.57. The normalized spacial score (nSPS) is 19.5. The van der Waals surface area contributed by atoms with Crippen LogP contribution in [-0.2, 0) is 12.0 Å². The number of rotatable bonds is 5. The molecule has 0 heterocycles. The van der Waals surface area contributed by atoms with Crippen LogP contribution < -0.4 is 10.9 Å². The van der Waals surface area contributed by atoms with Crippen LogP contribution in [0.1, 0.15) is 34.3 Å². The Kier molecular flexibility index (Phi) is 4.07. The summed E-state index contributed by atoms with van der Waals surface area (Å²) in [7, 11) is 0. The Labute approximate surface area is 131 Å². The van der Waals surface area contributed by atoms with Gasteiger partial charge in [-0.25, -0.2) is 5.43 Å². The van der Waals surface area contributed by atoms with E-state index in [9.17, 15) is 4.79 Å². The van der Waals surface area contributed by atoms with Gasteiger partial charge in [0.15, 0.2) is 0 Å². The Morgan fingerprint density at radius 2 is 1.86 bits per heavy atom. The highest BCUT2D eigenvalue weighted by Crippen LogP contribution is 2.39. The maximum Gasteiger partial charge on any atom is 0.265 e. The summed E-state index contributed by atoms with van der Waals surface area (Å²) in [6, 6.07) is 17.6. The molecule has 1 unspecified atom stereocenters. The third kappa shape index (κ3) is 2.68. The van der Waals surface area contributed by atoms with E-state index in [0.29, 0.717) is 5.56 Å². The molecule has 3 rings (SSSR count).